The Bertz CT molecular complexity index is 619. The number of thiazole rings is 1. The average Bonchev–Trinajstić information content (AvgIpc) is 2.86. The third-order valence-corrected chi connectivity index (χ3v) is 4.82. The number of nitrogens with one attached hydrogen (secondary N) is 1. The van der Waals surface area contributed by atoms with Gasteiger partial charge in [-0.15, -0.1) is 11.3 Å². The van der Waals surface area contributed by atoms with Crippen molar-refractivity contribution in [3.63, 3.8) is 0 Å². The highest BCUT2D eigenvalue weighted by atomic mass is 79.9. The van der Waals surface area contributed by atoms with Gasteiger partial charge in [0, 0.05) is 15.3 Å². The van der Waals surface area contributed by atoms with Crippen LogP contribution in [-0.4, -0.2) is 11.5 Å². The predicted molar refractivity (Wildman–Crippen MR) is 90.4 cm³/mol. The highest BCUT2D eigenvalue weighted by molar-refractivity contribution is 9.10. The number of halogens is 2. The number of hydrogen-bond acceptors (Lipinski definition) is 3. The van der Waals surface area contributed by atoms with Gasteiger partial charge in [-0.1, -0.05) is 49.7 Å². The Morgan fingerprint density at radius 3 is 2.62 bits per heavy atom. The molecule has 0 saturated heterocycles. The first-order valence-corrected chi connectivity index (χ1v) is 8.64. The first-order valence-electron chi connectivity index (χ1n) is 6.97. The molecule has 1 N–H and O–H groups in total. The molecule has 0 amide bonds. The summed E-state index contributed by atoms with van der Waals surface area (Å²) in [7, 11) is 0. The first-order chi connectivity index (χ1) is 9.82. The Balaban J connectivity index is 2.41. The summed E-state index contributed by atoms with van der Waals surface area (Å²) in [5, 5.41) is 6.55. The Morgan fingerprint density at radius 1 is 1.38 bits per heavy atom. The van der Waals surface area contributed by atoms with Crippen molar-refractivity contribution in [2.75, 3.05) is 6.54 Å². The smallest absolute Gasteiger partial charge is 0.124 e. The molecule has 0 bridgehead atoms. The van der Waals surface area contributed by atoms with Gasteiger partial charge in [0.05, 0.1) is 11.7 Å². The van der Waals surface area contributed by atoms with Gasteiger partial charge >= 0.3 is 0 Å². The summed E-state index contributed by atoms with van der Waals surface area (Å²) in [6, 6.07) is 4.78. The summed E-state index contributed by atoms with van der Waals surface area (Å²) >= 11 is 5.10. The van der Waals surface area contributed by atoms with Gasteiger partial charge in [-0.05, 0) is 24.2 Å². The summed E-state index contributed by atoms with van der Waals surface area (Å²) in [6.07, 6.45) is 0. The van der Waals surface area contributed by atoms with Crippen LogP contribution in [0, 0.1) is 5.82 Å². The maximum Gasteiger partial charge on any atom is 0.124 e. The molecule has 0 saturated carbocycles. The van der Waals surface area contributed by atoms with E-state index in [9.17, 15) is 4.39 Å². The summed E-state index contributed by atoms with van der Waals surface area (Å²) in [5.41, 5.74) is 2.13. The molecular formula is C16H20BrFN2S. The summed E-state index contributed by atoms with van der Waals surface area (Å²) in [5.74, 6) is -0.240. The minimum Gasteiger partial charge on any atom is -0.305 e. The summed E-state index contributed by atoms with van der Waals surface area (Å²) in [4.78, 5) is 4.78. The Hall–Kier alpha value is -0.780. The lowest BCUT2D eigenvalue weighted by molar-refractivity contribution is 0.561. The van der Waals surface area contributed by atoms with Crippen LogP contribution in [-0.2, 0) is 5.41 Å². The number of nitrogens with zero attached hydrogens (tertiary/aromatic N) is 1. The van der Waals surface area contributed by atoms with E-state index in [0.29, 0.717) is 0 Å². The maximum atomic E-state index is 13.3. The zero-order valence-corrected chi connectivity index (χ0v) is 15.1. The molecule has 21 heavy (non-hydrogen) atoms. The molecule has 1 atom stereocenters. The molecule has 2 nitrogen and oxygen atoms in total. The minimum atomic E-state index is -0.240. The second kappa shape index (κ2) is 6.55. The van der Waals surface area contributed by atoms with E-state index in [0.717, 1.165) is 27.3 Å². The van der Waals surface area contributed by atoms with Gasteiger partial charge in [-0.3, -0.25) is 0 Å². The number of hydrogen-bond donors (Lipinski definition) is 1. The maximum absolute atomic E-state index is 13.3. The van der Waals surface area contributed by atoms with E-state index in [1.807, 2.05) is 6.07 Å². The van der Waals surface area contributed by atoms with Crippen molar-refractivity contribution >= 4 is 27.3 Å². The van der Waals surface area contributed by atoms with E-state index in [1.54, 1.807) is 11.3 Å². The fourth-order valence-corrected chi connectivity index (χ4v) is 3.75. The van der Waals surface area contributed by atoms with Crippen molar-refractivity contribution in [1.29, 1.82) is 0 Å². The second-order valence-electron chi connectivity index (χ2n) is 5.98. The SMILES string of the molecule is CCNC(c1nc(C(C)(C)C)cs1)c1ccc(F)cc1Br. The molecule has 0 aliphatic carbocycles. The molecule has 0 spiro atoms. The fourth-order valence-electron chi connectivity index (χ4n) is 2.03. The van der Waals surface area contributed by atoms with Crippen molar-refractivity contribution in [3.05, 3.63) is 50.1 Å². The molecule has 114 valence electrons. The Kier molecular flexibility index (Phi) is 5.17. The van der Waals surface area contributed by atoms with Crippen molar-refractivity contribution in [1.82, 2.24) is 10.3 Å². The number of benzene rings is 1. The van der Waals surface area contributed by atoms with Crippen LogP contribution in [0.3, 0.4) is 0 Å². The molecule has 1 aromatic carbocycles. The van der Waals surface area contributed by atoms with Gasteiger partial charge in [-0.2, -0.15) is 0 Å². The zero-order chi connectivity index (χ0) is 15.6. The van der Waals surface area contributed by atoms with Crippen LogP contribution in [0.5, 0.6) is 0 Å². The fraction of sp³-hybridized carbons (Fsp3) is 0.438. The van der Waals surface area contributed by atoms with Gasteiger partial charge < -0.3 is 5.32 Å². The second-order valence-corrected chi connectivity index (χ2v) is 7.72. The third kappa shape index (κ3) is 3.90. The van der Waals surface area contributed by atoms with Gasteiger partial charge in [-0.25, -0.2) is 9.37 Å². The normalized spacial score (nSPS) is 13.4. The Morgan fingerprint density at radius 2 is 2.10 bits per heavy atom. The van der Waals surface area contributed by atoms with Gasteiger partial charge in [0.1, 0.15) is 10.8 Å². The molecular weight excluding hydrogens is 351 g/mol. The monoisotopic (exact) mass is 370 g/mol. The first kappa shape index (κ1) is 16.6. The van der Waals surface area contributed by atoms with Crippen LogP contribution in [0.4, 0.5) is 4.39 Å². The van der Waals surface area contributed by atoms with Gasteiger partial charge in [0.2, 0.25) is 0 Å². The van der Waals surface area contributed by atoms with Crippen LogP contribution in [0.2, 0.25) is 0 Å². The number of rotatable bonds is 4. The van der Waals surface area contributed by atoms with Crippen LogP contribution in [0.15, 0.2) is 28.1 Å². The van der Waals surface area contributed by atoms with E-state index in [2.05, 4.69) is 54.3 Å². The number of aromatic nitrogens is 1. The van der Waals surface area contributed by atoms with E-state index >= 15 is 0 Å². The lowest BCUT2D eigenvalue weighted by atomic mass is 9.93. The molecule has 0 radical (unpaired) electrons. The lowest BCUT2D eigenvalue weighted by Gasteiger charge is -2.18. The van der Waals surface area contributed by atoms with Crippen molar-refractivity contribution < 1.29 is 4.39 Å². The molecule has 5 heteroatoms. The minimum absolute atomic E-state index is 0.0222. The molecule has 0 aliphatic rings. The van der Waals surface area contributed by atoms with E-state index in [1.165, 1.54) is 12.1 Å². The topological polar surface area (TPSA) is 24.9 Å². The van der Waals surface area contributed by atoms with Crippen LogP contribution < -0.4 is 5.32 Å². The van der Waals surface area contributed by atoms with Crippen LogP contribution in [0.25, 0.3) is 0 Å². The van der Waals surface area contributed by atoms with Crippen molar-refractivity contribution in [3.8, 4) is 0 Å². The highest BCUT2D eigenvalue weighted by Crippen LogP contribution is 2.33. The molecule has 1 aromatic heterocycles. The van der Waals surface area contributed by atoms with Crippen molar-refractivity contribution in [2.24, 2.45) is 0 Å². The third-order valence-electron chi connectivity index (χ3n) is 3.22. The Labute approximate surface area is 137 Å². The molecule has 0 aliphatic heterocycles. The molecule has 2 aromatic rings. The van der Waals surface area contributed by atoms with E-state index in [-0.39, 0.29) is 17.3 Å². The quantitative estimate of drug-likeness (QED) is 0.814. The van der Waals surface area contributed by atoms with Gasteiger partial charge in [0.15, 0.2) is 0 Å². The largest absolute Gasteiger partial charge is 0.305 e. The van der Waals surface area contributed by atoms with E-state index < -0.39 is 0 Å². The highest BCUT2D eigenvalue weighted by Gasteiger charge is 2.23. The van der Waals surface area contributed by atoms with Gasteiger partial charge in [0.25, 0.3) is 0 Å². The average molecular weight is 371 g/mol. The zero-order valence-electron chi connectivity index (χ0n) is 12.7. The van der Waals surface area contributed by atoms with Crippen LogP contribution >= 0.6 is 27.3 Å². The standard InChI is InChI=1S/C16H20BrFN2S/c1-5-19-14(11-7-6-10(18)8-12(11)17)15-20-13(9-21-15)16(2,3)4/h6-9,14,19H,5H2,1-4H3. The van der Waals surface area contributed by atoms with E-state index in [4.69, 9.17) is 4.98 Å². The van der Waals surface area contributed by atoms with Crippen molar-refractivity contribution in [2.45, 2.75) is 39.2 Å². The predicted octanol–water partition coefficient (Wildman–Crippen LogP) is 5.04. The molecule has 1 unspecified atom stereocenters. The molecule has 0 fully saturated rings. The molecule has 2 rings (SSSR count). The van der Waals surface area contributed by atoms with Crippen LogP contribution in [0.1, 0.15) is 50.0 Å². The summed E-state index contributed by atoms with van der Waals surface area (Å²) < 4.78 is 14.1. The lowest BCUT2D eigenvalue weighted by Crippen LogP contribution is -2.23. The molecule has 1 heterocycles. The summed E-state index contributed by atoms with van der Waals surface area (Å²) in [6.45, 7) is 9.34.